The van der Waals surface area contributed by atoms with E-state index in [9.17, 15) is 4.79 Å². The molecule has 1 rings (SSSR count). The molecule has 1 aliphatic carbocycles. The van der Waals surface area contributed by atoms with Gasteiger partial charge in [-0.05, 0) is 24.7 Å². The molecular formula is C11H22N2O. The van der Waals surface area contributed by atoms with E-state index < -0.39 is 0 Å². The summed E-state index contributed by atoms with van der Waals surface area (Å²) >= 11 is 0. The summed E-state index contributed by atoms with van der Waals surface area (Å²) in [5, 5.41) is 5.94. The number of likely N-dealkylation sites (N-methyl/N-ethyl adjacent to an activating group) is 1. The van der Waals surface area contributed by atoms with E-state index in [1.165, 1.54) is 25.7 Å². The van der Waals surface area contributed by atoms with E-state index in [0.29, 0.717) is 18.0 Å². The second-order valence-corrected chi connectivity index (χ2v) is 5.01. The standard InChI is InChI=1S/C11H22N2O/c1-11(2)6-4-5-9(7-11)13-8-10(14)12-3/h9,13H,4-8H2,1-3H3,(H,12,14). The van der Waals surface area contributed by atoms with Gasteiger partial charge in [0.15, 0.2) is 0 Å². The van der Waals surface area contributed by atoms with Gasteiger partial charge in [0, 0.05) is 13.1 Å². The molecule has 1 atom stereocenters. The van der Waals surface area contributed by atoms with Gasteiger partial charge in [-0.1, -0.05) is 20.3 Å². The fourth-order valence-corrected chi connectivity index (χ4v) is 2.20. The van der Waals surface area contributed by atoms with Crippen LogP contribution >= 0.6 is 0 Å². The second kappa shape index (κ2) is 4.78. The van der Waals surface area contributed by atoms with Crippen LogP contribution in [-0.2, 0) is 4.79 Å². The van der Waals surface area contributed by atoms with Crippen LogP contribution in [0.3, 0.4) is 0 Å². The molecule has 1 amide bonds. The number of amides is 1. The van der Waals surface area contributed by atoms with Crippen molar-refractivity contribution in [2.45, 2.75) is 45.6 Å². The number of nitrogens with one attached hydrogen (secondary N) is 2. The molecule has 82 valence electrons. The lowest BCUT2D eigenvalue weighted by molar-refractivity contribution is -0.120. The van der Waals surface area contributed by atoms with Gasteiger partial charge in [-0.15, -0.1) is 0 Å². The number of carbonyl (C=O) groups excluding carboxylic acids is 1. The van der Waals surface area contributed by atoms with Gasteiger partial charge < -0.3 is 10.6 Å². The van der Waals surface area contributed by atoms with Crippen molar-refractivity contribution in [2.75, 3.05) is 13.6 Å². The van der Waals surface area contributed by atoms with E-state index in [1.807, 2.05) is 0 Å². The minimum absolute atomic E-state index is 0.0772. The summed E-state index contributed by atoms with van der Waals surface area (Å²) in [5.74, 6) is 0.0772. The van der Waals surface area contributed by atoms with Crippen LogP contribution in [0.2, 0.25) is 0 Å². The summed E-state index contributed by atoms with van der Waals surface area (Å²) in [7, 11) is 1.68. The maximum Gasteiger partial charge on any atom is 0.233 e. The first-order valence-electron chi connectivity index (χ1n) is 5.47. The van der Waals surface area contributed by atoms with Crippen LogP contribution in [0.25, 0.3) is 0 Å². The molecule has 0 heterocycles. The normalized spacial score (nSPS) is 25.8. The summed E-state index contributed by atoms with van der Waals surface area (Å²) in [5.41, 5.74) is 0.443. The van der Waals surface area contributed by atoms with Gasteiger partial charge in [0.1, 0.15) is 0 Å². The molecule has 0 saturated heterocycles. The Hall–Kier alpha value is -0.570. The zero-order valence-corrected chi connectivity index (χ0v) is 9.52. The SMILES string of the molecule is CNC(=O)CNC1CCCC(C)(C)C1. The molecule has 0 aromatic rings. The predicted octanol–water partition coefficient (Wildman–Crippen LogP) is 1.29. The van der Waals surface area contributed by atoms with Crippen molar-refractivity contribution < 1.29 is 4.79 Å². The average molecular weight is 198 g/mol. The van der Waals surface area contributed by atoms with Crippen molar-refractivity contribution >= 4 is 5.91 Å². The number of carbonyl (C=O) groups is 1. The zero-order chi connectivity index (χ0) is 10.6. The predicted molar refractivity (Wildman–Crippen MR) is 58.1 cm³/mol. The number of rotatable bonds is 3. The summed E-state index contributed by atoms with van der Waals surface area (Å²) < 4.78 is 0. The second-order valence-electron chi connectivity index (χ2n) is 5.01. The molecule has 0 spiro atoms. The summed E-state index contributed by atoms with van der Waals surface area (Å²) in [6.07, 6.45) is 4.98. The van der Waals surface area contributed by atoms with E-state index in [-0.39, 0.29) is 5.91 Å². The minimum atomic E-state index is 0.0772. The van der Waals surface area contributed by atoms with Crippen LogP contribution in [-0.4, -0.2) is 25.5 Å². The van der Waals surface area contributed by atoms with Crippen LogP contribution in [0, 0.1) is 5.41 Å². The maximum atomic E-state index is 11.0. The Morgan fingerprint density at radius 2 is 2.21 bits per heavy atom. The Morgan fingerprint density at radius 3 is 2.79 bits per heavy atom. The topological polar surface area (TPSA) is 41.1 Å². The van der Waals surface area contributed by atoms with Crippen molar-refractivity contribution in [1.82, 2.24) is 10.6 Å². The van der Waals surface area contributed by atoms with E-state index in [2.05, 4.69) is 24.5 Å². The molecule has 1 saturated carbocycles. The molecule has 3 heteroatoms. The fourth-order valence-electron chi connectivity index (χ4n) is 2.20. The molecule has 0 aromatic carbocycles. The smallest absolute Gasteiger partial charge is 0.233 e. The van der Waals surface area contributed by atoms with Gasteiger partial charge >= 0.3 is 0 Å². The van der Waals surface area contributed by atoms with Crippen molar-refractivity contribution in [3.8, 4) is 0 Å². The Morgan fingerprint density at radius 1 is 1.50 bits per heavy atom. The Kier molecular flexibility index (Phi) is 3.93. The quantitative estimate of drug-likeness (QED) is 0.717. The number of hydrogen-bond acceptors (Lipinski definition) is 2. The zero-order valence-electron chi connectivity index (χ0n) is 9.52. The lowest BCUT2D eigenvalue weighted by atomic mass is 9.75. The molecule has 2 N–H and O–H groups in total. The van der Waals surface area contributed by atoms with Crippen molar-refractivity contribution in [1.29, 1.82) is 0 Å². The van der Waals surface area contributed by atoms with Gasteiger partial charge in [-0.2, -0.15) is 0 Å². The Labute approximate surface area is 86.6 Å². The third-order valence-electron chi connectivity index (χ3n) is 3.04. The highest BCUT2D eigenvalue weighted by molar-refractivity contribution is 5.77. The third kappa shape index (κ3) is 3.66. The average Bonchev–Trinajstić information content (AvgIpc) is 2.12. The molecule has 1 fully saturated rings. The van der Waals surface area contributed by atoms with Gasteiger partial charge in [-0.3, -0.25) is 4.79 Å². The van der Waals surface area contributed by atoms with E-state index >= 15 is 0 Å². The first-order valence-corrected chi connectivity index (χ1v) is 5.47. The molecule has 0 aliphatic heterocycles. The Balaban J connectivity index is 2.28. The van der Waals surface area contributed by atoms with E-state index in [1.54, 1.807) is 7.05 Å². The van der Waals surface area contributed by atoms with E-state index in [0.717, 1.165) is 0 Å². The van der Waals surface area contributed by atoms with Crippen LogP contribution in [0.1, 0.15) is 39.5 Å². The molecule has 1 unspecified atom stereocenters. The highest BCUT2D eigenvalue weighted by atomic mass is 16.1. The molecular weight excluding hydrogens is 176 g/mol. The molecule has 1 aliphatic rings. The molecule has 0 aromatic heterocycles. The first kappa shape index (κ1) is 11.5. The van der Waals surface area contributed by atoms with Crippen LogP contribution in [0.15, 0.2) is 0 Å². The molecule has 3 nitrogen and oxygen atoms in total. The fraction of sp³-hybridized carbons (Fsp3) is 0.909. The highest BCUT2D eigenvalue weighted by Gasteiger charge is 2.27. The third-order valence-corrected chi connectivity index (χ3v) is 3.04. The lowest BCUT2D eigenvalue weighted by Crippen LogP contribution is -2.42. The summed E-state index contributed by atoms with van der Waals surface area (Å²) in [6, 6.07) is 0.524. The van der Waals surface area contributed by atoms with Crippen molar-refractivity contribution in [3.05, 3.63) is 0 Å². The van der Waals surface area contributed by atoms with Crippen LogP contribution < -0.4 is 10.6 Å². The number of hydrogen-bond donors (Lipinski definition) is 2. The van der Waals surface area contributed by atoms with Crippen LogP contribution in [0.5, 0.6) is 0 Å². The van der Waals surface area contributed by atoms with Gasteiger partial charge in [0.05, 0.1) is 6.54 Å². The monoisotopic (exact) mass is 198 g/mol. The summed E-state index contributed by atoms with van der Waals surface area (Å²) in [6.45, 7) is 5.07. The van der Waals surface area contributed by atoms with Crippen molar-refractivity contribution in [2.24, 2.45) is 5.41 Å². The van der Waals surface area contributed by atoms with E-state index in [4.69, 9.17) is 0 Å². The Bertz CT molecular complexity index is 201. The largest absolute Gasteiger partial charge is 0.358 e. The van der Waals surface area contributed by atoms with Gasteiger partial charge in [-0.25, -0.2) is 0 Å². The minimum Gasteiger partial charge on any atom is -0.358 e. The highest BCUT2D eigenvalue weighted by Crippen LogP contribution is 2.34. The summed E-state index contributed by atoms with van der Waals surface area (Å²) in [4.78, 5) is 11.0. The maximum absolute atomic E-state index is 11.0. The van der Waals surface area contributed by atoms with Gasteiger partial charge in [0.25, 0.3) is 0 Å². The van der Waals surface area contributed by atoms with Crippen LogP contribution in [0.4, 0.5) is 0 Å². The molecule has 14 heavy (non-hydrogen) atoms. The van der Waals surface area contributed by atoms with Crippen molar-refractivity contribution in [3.63, 3.8) is 0 Å². The lowest BCUT2D eigenvalue weighted by Gasteiger charge is -2.35. The molecule has 0 radical (unpaired) electrons. The molecule has 0 bridgehead atoms. The first-order chi connectivity index (χ1) is 6.53. The van der Waals surface area contributed by atoms with Gasteiger partial charge in [0.2, 0.25) is 5.91 Å².